The predicted octanol–water partition coefficient (Wildman–Crippen LogP) is 5.08. The average molecular weight is 1150 g/mol. The van der Waals surface area contributed by atoms with Crippen molar-refractivity contribution in [1.82, 2.24) is 40.6 Å². The monoisotopic (exact) mass is 1150 g/mol. The lowest BCUT2D eigenvalue weighted by Gasteiger charge is -2.40. The molecular formula is C57H83F4N9O11. The maximum atomic E-state index is 15.1. The lowest BCUT2D eigenvalue weighted by atomic mass is 9.84. The maximum absolute atomic E-state index is 15.1. The molecule has 8 N–H and O–H groups in total. The number of imidazole rings is 1. The van der Waals surface area contributed by atoms with Crippen LogP contribution in [0, 0.1) is 23.0 Å². The third-order valence-corrected chi connectivity index (χ3v) is 12.3. The molecule has 5 atom stereocenters. The fourth-order valence-corrected chi connectivity index (χ4v) is 8.12. The van der Waals surface area contributed by atoms with Crippen molar-refractivity contribution in [2.75, 3.05) is 33.4 Å². The Labute approximate surface area is 472 Å². The molecule has 0 aliphatic carbocycles. The number of ketones is 1. The number of alkyl halides is 2. The zero-order chi connectivity index (χ0) is 61.6. The zero-order valence-corrected chi connectivity index (χ0v) is 48.1. The Hall–Kier alpha value is -7.18. The molecule has 0 fully saturated rings. The summed E-state index contributed by atoms with van der Waals surface area (Å²) >= 11 is 0. The zero-order valence-electron chi connectivity index (χ0n) is 48.1. The summed E-state index contributed by atoms with van der Waals surface area (Å²) < 4.78 is 52.8. The summed E-state index contributed by atoms with van der Waals surface area (Å²) in [6.07, 6.45) is 4.56. The third-order valence-electron chi connectivity index (χ3n) is 12.3. The van der Waals surface area contributed by atoms with Gasteiger partial charge in [0.15, 0.2) is 5.78 Å². The fourth-order valence-electron chi connectivity index (χ4n) is 8.12. The number of nitrogens with one attached hydrogen (secondary N) is 4. The van der Waals surface area contributed by atoms with Crippen LogP contribution in [-0.2, 0) is 49.7 Å². The largest absolute Gasteiger partial charge is 0.400 e. The van der Waals surface area contributed by atoms with Crippen LogP contribution in [-0.4, -0.2) is 147 Å². The summed E-state index contributed by atoms with van der Waals surface area (Å²) in [5.41, 5.74) is 6.55. The van der Waals surface area contributed by atoms with Crippen LogP contribution in [0.2, 0.25) is 0 Å². The number of nitrogens with zero attached hydrogens (tertiary/aromatic N) is 4. The molecule has 24 heteroatoms. The molecule has 3 aromatic rings. The Kier molecular flexibility index (Phi) is 32.8. The van der Waals surface area contributed by atoms with E-state index in [2.05, 4.69) is 21.3 Å². The summed E-state index contributed by atoms with van der Waals surface area (Å²) in [6, 6.07) is 7.65. The number of carbonyl (C=O) groups is 9. The third kappa shape index (κ3) is 24.6. The number of unbranched alkanes of at least 4 members (excludes halogenated alkanes) is 3. The number of rotatable bonds is 29. The Morgan fingerprint density at radius 1 is 0.827 bits per heavy atom. The van der Waals surface area contributed by atoms with Crippen molar-refractivity contribution < 1.29 is 70.9 Å². The fraction of sp³-hybridized carbons (Fsp3) is 0.544. The minimum Gasteiger partial charge on any atom is -0.400 e. The van der Waals surface area contributed by atoms with E-state index in [9.17, 15) is 61.4 Å². The topological polar surface area (TPSA) is 293 Å². The van der Waals surface area contributed by atoms with E-state index in [4.69, 9.17) is 15.8 Å². The van der Waals surface area contributed by atoms with E-state index in [1.54, 1.807) is 24.6 Å². The van der Waals surface area contributed by atoms with Gasteiger partial charge in [-0.25, -0.2) is 22.5 Å². The number of imide groups is 1. The van der Waals surface area contributed by atoms with Gasteiger partial charge < -0.3 is 51.5 Å². The average Bonchev–Trinajstić information content (AvgIpc) is 4.23. The number of carbonyl (C=O) groups excluding carboxylic acids is 9. The molecule has 1 aromatic heterocycles. The van der Waals surface area contributed by atoms with Crippen LogP contribution in [0.5, 0.6) is 0 Å². The van der Waals surface area contributed by atoms with E-state index < -0.39 is 89.7 Å². The molecule has 2 heterocycles. The van der Waals surface area contributed by atoms with Gasteiger partial charge in [0.2, 0.25) is 29.5 Å². The molecule has 4 rings (SSSR count). The molecule has 2 aromatic carbocycles. The summed E-state index contributed by atoms with van der Waals surface area (Å²) in [4.78, 5) is 118. The van der Waals surface area contributed by atoms with Crippen molar-refractivity contribution >= 4 is 53.4 Å². The van der Waals surface area contributed by atoms with Crippen LogP contribution in [0.1, 0.15) is 131 Å². The van der Waals surface area contributed by atoms with Crippen molar-refractivity contribution in [3.05, 3.63) is 89.9 Å². The summed E-state index contributed by atoms with van der Waals surface area (Å²) in [5.74, 6) is -5.83. The van der Waals surface area contributed by atoms with Gasteiger partial charge in [0, 0.05) is 70.5 Å². The molecule has 0 radical (unpaired) electrons. The number of aliphatic hydroxyl groups is 2. The molecule has 81 heavy (non-hydrogen) atoms. The second kappa shape index (κ2) is 37.0. The molecule has 1 aliphatic rings. The Morgan fingerprint density at radius 2 is 1.44 bits per heavy atom. The van der Waals surface area contributed by atoms with E-state index in [0.717, 1.165) is 42.7 Å². The van der Waals surface area contributed by atoms with E-state index in [1.165, 1.54) is 24.0 Å². The van der Waals surface area contributed by atoms with Gasteiger partial charge >= 0.3 is 0 Å². The number of hydrogen-bond acceptors (Lipinski definition) is 13. The minimum absolute atomic E-state index is 0.0136. The van der Waals surface area contributed by atoms with Crippen LogP contribution in [0.3, 0.4) is 0 Å². The number of Topliss-reactive ketones (excluding diaryl/α,β-unsaturated/α-hetero) is 1. The first kappa shape index (κ1) is 71.8. The molecule has 1 aliphatic heterocycles. The van der Waals surface area contributed by atoms with Crippen LogP contribution in [0.4, 0.5) is 17.6 Å². The van der Waals surface area contributed by atoms with E-state index in [-0.39, 0.29) is 80.3 Å². The molecule has 4 unspecified atom stereocenters. The molecule has 0 spiro atoms. The highest BCUT2D eigenvalue weighted by Gasteiger charge is 2.39. The SMILES string of the molecule is CC.CC(=O)C(F)F.CC(NC(=O)[C@@H](NC(=O)CCCCCN1C(=O)C=CC1=O)C(C)C)C(=O)NC(C=O)CCCCNC(=O)C(N)CCN(C(=O)CO)C(c1nc(-c2cc(F)ccc2F)cn1Cc1ccccc1)C(C)(C)C.CO. The highest BCUT2D eigenvalue weighted by Crippen LogP contribution is 2.39. The summed E-state index contributed by atoms with van der Waals surface area (Å²) in [7, 11) is 1.00. The van der Waals surface area contributed by atoms with Gasteiger partial charge in [-0.2, -0.15) is 0 Å². The number of aliphatic hydroxyl groups excluding tert-OH is 2. The van der Waals surface area contributed by atoms with Crippen molar-refractivity contribution in [3.8, 4) is 11.3 Å². The maximum Gasteiger partial charge on any atom is 0.295 e. The standard InChI is InChI=1S/C51H69F2N9O9.C3H4F2O.C2H6.CH4O/c1-32(2)45(59-41(65)18-11-8-14-25-61-42(66)21-22-43(61)67)50(71)56-33(3)48(69)57-36(30-63)17-12-13-24-55-49(70)39(54)23-26-62(44(68)31-64)46(51(4,5)6)47-58-40(37-27-35(52)19-20-38(37)53)29-60(47)28-34-15-9-7-10-16-34;1-2(6)3(4)5;2*1-2/h7,9-10,15-16,19-22,27,29-30,32-33,36,39,45-46,64H,8,11-14,17-18,23-26,28,31,54H2,1-6H3,(H,55,70)(H,56,71)(H,57,69)(H,59,65);3H,1H3;1-2H3;2H,1H3/t33?,36?,39?,45-,46?;;;/m0.../s1. The van der Waals surface area contributed by atoms with Gasteiger partial charge in [0.05, 0.1) is 23.8 Å². The predicted molar refractivity (Wildman–Crippen MR) is 296 cm³/mol. The van der Waals surface area contributed by atoms with Gasteiger partial charge in [-0.3, -0.25) is 43.3 Å². The molecule has 0 saturated heterocycles. The van der Waals surface area contributed by atoms with Crippen molar-refractivity contribution in [2.45, 2.75) is 157 Å². The highest BCUT2D eigenvalue weighted by molar-refractivity contribution is 6.12. The van der Waals surface area contributed by atoms with Gasteiger partial charge in [-0.15, -0.1) is 0 Å². The van der Waals surface area contributed by atoms with Crippen LogP contribution in [0.15, 0.2) is 66.9 Å². The van der Waals surface area contributed by atoms with E-state index in [0.29, 0.717) is 44.2 Å². The molecular weight excluding hydrogens is 1060 g/mol. The molecule has 0 saturated carbocycles. The molecule has 7 amide bonds. The van der Waals surface area contributed by atoms with Crippen LogP contribution >= 0.6 is 0 Å². The number of nitrogens with two attached hydrogens (primary N) is 1. The Balaban J connectivity index is 0.00000303. The summed E-state index contributed by atoms with van der Waals surface area (Å²) in [6.45, 7) is 15.2. The number of aromatic nitrogens is 2. The van der Waals surface area contributed by atoms with E-state index in [1.807, 2.05) is 65.0 Å². The first-order chi connectivity index (χ1) is 38.3. The first-order valence-electron chi connectivity index (χ1n) is 26.9. The van der Waals surface area contributed by atoms with Gasteiger partial charge in [-0.1, -0.05) is 85.2 Å². The van der Waals surface area contributed by atoms with Crippen molar-refractivity contribution in [2.24, 2.45) is 17.1 Å². The second-order valence-corrected chi connectivity index (χ2v) is 20.1. The number of aldehydes is 1. The van der Waals surface area contributed by atoms with Crippen LogP contribution < -0.4 is 27.0 Å². The number of hydrogen-bond donors (Lipinski definition) is 7. The molecule has 450 valence electrons. The lowest BCUT2D eigenvalue weighted by molar-refractivity contribution is -0.140. The van der Waals surface area contributed by atoms with Crippen molar-refractivity contribution in [3.63, 3.8) is 0 Å². The number of amides is 7. The smallest absolute Gasteiger partial charge is 0.295 e. The Bertz CT molecular complexity index is 2520. The normalized spacial score (nSPS) is 13.7. The minimum atomic E-state index is -2.79. The lowest BCUT2D eigenvalue weighted by Crippen LogP contribution is -2.55. The highest BCUT2D eigenvalue weighted by atomic mass is 19.3. The second-order valence-electron chi connectivity index (χ2n) is 20.1. The van der Waals surface area contributed by atoms with Crippen LogP contribution in [0.25, 0.3) is 11.3 Å². The number of halogens is 4. The van der Waals surface area contributed by atoms with E-state index >= 15 is 4.39 Å². The first-order valence-corrected chi connectivity index (χ1v) is 26.9. The number of benzene rings is 2. The summed E-state index contributed by atoms with van der Waals surface area (Å²) in [5, 5.41) is 27.8. The van der Waals surface area contributed by atoms with Gasteiger partial charge in [0.1, 0.15) is 42.4 Å². The van der Waals surface area contributed by atoms with Gasteiger partial charge in [0.25, 0.3) is 18.2 Å². The van der Waals surface area contributed by atoms with Gasteiger partial charge in [-0.05, 0) is 80.5 Å². The Morgan fingerprint density at radius 3 is 2.00 bits per heavy atom. The quantitative estimate of drug-likeness (QED) is 0.0207. The van der Waals surface area contributed by atoms with Crippen molar-refractivity contribution in [1.29, 1.82) is 0 Å². The molecule has 0 bridgehead atoms. The molecule has 20 nitrogen and oxygen atoms in total.